The molecule has 0 aromatic heterocycles. The highest BCUT2D eigenvalue weighted by Gasteiger charge is 1.96. The average molecular weight is 131 g/mol. The average Bonchev–Trinajstić information content (AvgIpc) is 1.62. The van der Waals surface area contributed by atoms with Crippen molar-refractivity contribution in [2.45, 2.75) is 25.7 Å². The molecule has 8 heavy (non-hydrogen) atoms. The molecule has 1 radical (unpaired) electrons. The monoisotopic (exact) mass is 131 g/mol. The maximum atomic E-state index is 5.14. The Morgan fingerprint density at radius 1 is 1.25 bits per heavy atom. The fourth-order valence-electron chi connectivity index (χ4n) is 0.710. The summed E-state index contributed by atoms with van der Waals surface area (Å²) in [6.45, 7) is 0.932. The molecule has 0 aromatic carbocycles. The van der Waals surface area contributed by atoms with E-state index < -0.39 is 0 Å². The molecular weight excluding hydrogens is 120 g/mol. The molecule has 0 spiro atoms. The van der Waals surface area contributed by atoms with Gasteiger partial charge in [0.1, 0.15) is 0 Å². The van der Waals surface area contributed by atoms with E-state index in [9.17, 15) is 0 Å². The van der Waals surface area contributed by atoms with Crippen molar-refractivity contribution in [3.8, 4) is 0 Å². The van der Waals surface area contributed by atoms with Crippen LogP contribution in [0.1, 0.15) is 25.7 Å². The Labute approximate surface area is 55.0 Å². The van der Waals surface area contributed by atoms with E-state index in [0.29, 0.717) is 0 Å². The third-order valence-corrected chi connectivity index (χ3v) is 1.86. The molecular formula is C6H11OS. The minimum absolute atomic E-state index is 0.932. The fourth-order valence-corrected chi connectivity index (χ4v) is 1.28. The predicted octanol–water partition coefficient (Wildman–Crippen LogP) is 2.39. The zero-order valence-electron chi connectivity index (χ0n) is 4.93. The summed E-state index contributed by atoms with van der Waals surface area (Å²) >= 11 is 1.50. The van der Waals surface area contributed by atoms with Gasteiger partial charge in [0.2, 0.25) is 0 Å². The molecule has 47 valence electrons. The Bertz CT molecular complexity index is 32.5. The van der Waals surface area contributed by atoms with E-state index in [4.69, 9.17) is 4.18 Å². The highest BCUT2D eigenvalue weighted by Crippen LogP contribution is 2.17. The van der Waals surface area contributed by atoms with Gasteiger partial charge in [0, 0.05) is 5.75 Å². The van der Waals surface area contributed by atoms with Gasteiger partial charge in [-0.25, -0.2) is 0 Å². The van der Waals surface area contributed by atoms with Gasteiger partial charge >= 0.3 is 0 Å². The van der Waals surface area contributed by atoms with Gasteiger partial charge in [-0.2, -0.15) is 0 Å². The summed E-state index contributed by atoms with van der Waals surface area (Å²) in [5.41, 5.74) is 0. The topological polar surface area (TPSA) is 9.23 Å². The van der Waals surface area contributed by atoms with Gasteiger partial charge in [0.15, 0.2) is 0 Å². The predicted molar refractivity (Wildman–Crippen MR) is 36.3 cm³/mol. The molecule has 0 atom stereocenters. The SMILES string of the molecule is [CH]1CCCCCOS1. The zero-order chi connectivity index (χ0) is 5.66. The van der Waals surface area contributed by atoms with Crippen LogP contribution in [0.25, 0.3) is 0 Å². The largest absolute Gasteiger partial charge is 0.315 e. The van der Waals surface area contributed by atoms with Crippen molar-refractivity contribution in [1.29, 1.82) is 0 Å². The molecule has 0 aliphatic carbocycles. The van der Waals surface area contributed by atoms with Gasteiger partial charge in [-0.3, -0.25) is 0 Å². The van der Waals surface area contributed by atoms with Crippen molar-refractivity contribution in [3.05, 3.63) is 5.75 Å². The number of rotatable bonds is 0. The highest BCUT2D eigenvalue weighted by atomic mass is 32.2. The third kappa shape index (κ3) is 2.58. The van der Waals surface area contributed by atoms with Crippen LogP contribution < -0.4 is 0 Å². The first-order valence-electron chi connectivity index (χ1n) is 3.10. The van der Waals surface area contributed by atoms with Gasteiger partial charge in [-0.15, -0.1) is 0 Å². The number of hydrogen-bond donors (Lipinski definition) is 0. The minimum atomic E-state index is 0.932. The summed E-state index contributed by atoms with van der Waals surface area (Å²) in [6.07, 6.45) is 5.12. The lowest BCUT2D eigenvalue weighted by molar-refractivity contribution is 0.352. The van der Waals surface area contributed by atoms with E-state index in [0.717, 1.165) is 6.61 Å². The molecule has 1 aliphatic heterocycles. The quantitative estimate of drug-likeness (QED) is 0.467. The van der Waals surface area contributed by atoms with Crippen molar-refractivity contribution in [1.82, 2.24) is 0 Å². The van der Waals surface area contributed by atoms with Gasteiger partial charge in [-0.05, 0) is 24.9 Å². The van der Waals surface area contributed by atoms with Crippen molar-refractivity contribution < 1.29 is 4.18 Å². The molecule has 2 heteroatoms. The second-order valence-electron chi connectivity index (χ2n) is 1.93. The Kier molecular flexibility index (Phi) is 3.39. The summed E-state index contributed by atoms with van der Waals surface area (Å²) < 4.78 is 5.14. The van der Waals surface area contributed by atoms with E-state index in [2.05, 4.69) is 5.75 Å². The van der Waals surface area contributed by atoms with Crippen molar-refractivity contribution in [2.24, 2.45) is 0 Å². The standard InChI is InChI=1S/C6H11OS/c1-2-4-6-8-7-5-3-1/h6H,1-5H2. The molecule has 1 nitrogen and oxygen atoms in total. The molecule has 0 unspecified atom stereocenters. The van der Waals surface area contributed by atoms with Crippen LogP contribution in [0.4, 0.5) is 0 Å². The summed E-state index contributed by atoms with van der Waals surface area (Å²) in [7, 11) is 0. The molecule has 0 saturated carbocycles. The first kappa shape index (κ1) is 6.43. The minimum Gasteiger partial charge on any atom is -0.315 e. The van der Waals surface area contributed by atoms with E-state index >= 15 is 0 Å². The van der Waals surface area contributed by atoms with Crippen molar-refractivity contribution >= 4 is 12.0 Å². The fraction of sp³-hybridized carbons (Fsp3) is 0.833. The Hall–Kier alpha value is 0.310. The molecule has 1 rings (SSSR count). The lowest BCUT2D eigenvalue weighted by Crippen LogP contribution is -1.90. The van der Waals surface area contributed by atoms with Crippen LogP contribution in [0.15, 0.2) is 0 Å². The molecule has 0 amide bonds. The maximum absolute atomic E-state index is 5.14. The lowest BCUT2D eigenvalue weighted by Gasteiger charge is -2.05. The third-order valence-electron chi connectivity index (χ3n) is 1.19. The Morgan fingerprint density at radius 3 is 3.25 bits per heavy atom. The maximum Gasteiger partial charge on any atom is 0.0614 e. The first-order valence-corrected chi connectivity index (χ1v) is 3.90. The van der Waals surface area contributed by atoms with Gasteiger partial charge in [0.25, 0.3) is 0 Å². The lowest BCUT2D eigenvalue weighted by atomic mass is 10.2. The van der Waals surface area contributed by atoms with E-state index in [1.165, 1.54) is 37.7 Å². The van der Waals surface area contributed by atoms with Crippen molar-refractivity contribution in [3.63, 3.8) is 0 Å². The molecule has 1 fully saturated rings. The normalized spacial score (nSPS) is 24.0. The van der Waals surface area contributed by atoms with Gasteiger partial charge in [-0.1, -0.05) is 12.8 Å². The Balaban J connectivity index is 2.00. The van der Waals surface area contributed by atoms with E-state index in [-0.39, 0.29) is 0 Å². The summed E-state index contributed by atoms with van der Waals surface area (Å²) in [5.74, 6) is 2.14. The summed E-state index contributed by atoms with van der Waals surface area (Å²) in [6, 6.07) is 0. The van der Waals surface area contributed by atoms with Gasteiger partial charge in [0.05, 0.1) is 6.61 Å². The molecule has 1 aliphatic rings. The van der Waals surface area contributed by atoms with Gasteiger partial charge < -0.3 is 4.18 Å². The highest BCUT2D eigenvalue weighted by molar-refractivity contribution is 7.96. The molecule has 1 heterocycles. The molecule has 0 bridgehead atoms. The number of hydrogen-bond acceptors (Lipinski definition) is 2. The second-order valence-corrected chi connectivity index (χ2v) is 2.70. The molecule has 0 aromatic rings. The molecule has 1 saturated heterocycles. The van der Waals surface area contributed by atoms with Crippen LogP contribution in [-0.2, 0) is 4.18 Å². The van der Waals surface area contributed by atoms with Crippen LogP contribution in [0.2, 0.25) is 0 Å². The smallest absolute Gasteiger partial charge is 0.0614 e. The van der Waals surface area contributed by atoms with Crippen molar-refractivity contribution in [2.75, 3.05) is 6.61 Å². The van der Waals surface area contributed by atoms with Crippen LogP contribution >= 0.6 is 12.0 Å². The first-order chi connectivity index (χ1) is 4.00. The van der Waals surface area contributed by atoms with E-state index in [1.54, 1.807) is 0 Å². The Morgan fingerprint density at radius 2 is 2.25 bits per heavy atom. The van der Waals surface area contributed by atoms with Crippen LogP contribution in [0, 0.1) is 5.75 Å². The van der Waals surface area contributed by atoms with E-state index in [1.807, 2.05) is 0 Å². The van der Waals surface area contributed by atoms with Crippen LogP contribution in [0.5, 0.6) is 0 Å². The summed E-state index contributed by atoms with van der Waals surface area (Å²) in [5, 5.41) is 0. The summed E-state index contributed by atoms with van der Waals surface area (Å²) in [4.78, 5) is 0. The second kappa shape index (κ2) is 4.21. The molecule has 0 N–H and O–H groups in total. The zero-order valence-corrected chi connectivity index (χ0v) is 5.75. The van der Waals surface area contributed by atoms with Crippen LogP contribution in [0.3, 0.4) is 0 Å². The van der Waals surface area contributed by atoms with Crippen LogP contribution in [-0.4, -0.2) is 6.61 Å².